The number of hydrogen-bond donors (Lipinski definition) is 0. The third kappa shape index (κ3) is 3.49. The summed E-state index contributed by atoms with van der Waals surface area (Å²) in [5, 5.41) is 8.73. The summed E-state index contributed by atoms with van der Waals surface area (Å²) < 4.78 is 7.60. The summed E-state index contributed by atoms with van der Waals surface area (Å²) in [4.78, 5) is 6.87. The molecule has 3 heterocycles. The minimum Gasteiger partial charge on any atom is -0.359 e. The molecule has 6 heteroatoms. The first-order chi connectivity index (χ1) is 12.2. The number of nitrogens with zero attached hydrogens (tertiary/aromatic N) is 5. The minimum absolute atomic E-state index is 0.463. The molecule has 0 amide bonds. The maximum atomic E-state index is 5.58. The lowest BCUT2D eigenvalue weighted by Crippen LogP contribution is -2.33. The molecule has 0 spiro atoms. The van der Waals surface area contributed by atoms with Gasteiger partial charge in [0.2, 0.25) is 0 Å². The Bertz CT molecular complexity index is 839. The lowest BCUT2D eigenvalue weighted by atomic mass is 10.1. The normalized spacial score (nSPS) is 18.1. The summed E-state index contributed by atoms with van der Waals surface area (Å²) in [5.74, 6) is 2.73. The fourth-order valence-corrected chi connectivity index (χ4v) is 3.58. The lowest BCUT2D eigenvalue weighted by Gasteiger charge is -2.23. The van der Waals surface area contributed by atoms with E-state index in [2.05, 4.69) is 38.3 Å². The number of aryl methyl sites for hydroxylation is 2. The van der Waals surface area contributed by atoms with Crippen LogP contribution in [0.15, 0.2) is 40.9 Å². The highest BCUT2D eigenvalue weighted by Gasteiger charge is 2.27. The van der Waals surface area contributed by atoms with Gasteiger partial charge in [-0.05, 0) is 33.2 Å². The molecule has 0 saturated carbocycles. The predicted octanol–water partition coefficient (Wildman–Crippen LogP) is 3.21. The Morgan fingerprint density at radius 2 is 2.04 bits per heavy atom. The second-order valence-corrected chi connectivity index (χ2v) is 6.70. The highest BCUT2D eigenvalue weighted by molar-refractivity contribution is 5.58. The molecule has 3 aromatic rings. The van der Waals surface area contributed by atoms with Crippen LogP contribution in [0.4, 0.5) is 0 Å². The van der Waals surface area contributed by atoms with Crippen LogP contribution in [0.25, 0.3) is 11.3 Å². The molecule has 1 aliphatic rings. The van der Waals surface area contributed by atoms with Crippen LogP contribution < -0.4 is 0 Å². The van der Waals surface area contributed by atoms with Crippen LogP contribution in [-0.2, 0) is 13.1 Å². The fourth-order valence-electron chi connectivity index (χ4n) is 3.58. The van der Waals surface area contributed by atoms with Crippen molar-refractivity contribution in [2.24, 2.45) is 0 Å². The van der Waals surface area contributed by atoms with Gasteiger partial charge in [-0.3, -0.25) is 4.90 Å². The fraction of sp³-hybridized carbons (Fsp3) is 0.421. The smallest absolute Gasteiger partial charge is 0.151 e. The SMILES string of the molecule is Cc1nc(C)n(C[C@@H]2CCCN2Cc2cc(-c3ccccc3)no2)n1. The Hall–Kier alpha value is -2.47. The van der Waals surface area contributed by atoms with E-state index in [1.807, 2.05) is 36.7 Å². The molecule has 130 valence electrons. The van der Waals surface area contributed by atoms with Crippen LogP contribution in [0.1, 0.15) is 30.3 Å². The molecular weight excluding hydrogens is 314 g/mol. The van der Waals surface area contributed by atoms with Crippen molar-refractivity contribution in [2.75, 3.05) is 6.54 Å². The zero-order valence-electron chi connectivity index (χ0n) is 14.7. The van der Waals surface area contributed by atoms with E-state index in [0.29, 0.717) is 6.04 Å². The predicted molar refractivity (Wildman–Crippen MR) is 94.9 cm³/mol. The van der Waals surface area contributed by atoms with E-state index < -0.39 is 0 Å². The number of likely N-dealkylation sites (tertiary alicyclic amines) is 1. The maximum Gasteiger partial charge on any atom is 0.151 e. The average Bonchev–Trinajstić information content (AvgIpc) is 3.32. The summed E-state index contributed by atoms with van der Waals surface area (Å²) in [6.45, 7) is 6.71. The number of benzene rings is 1. The van der Waals surface area contributed by atoms with E-state index in [1.54, 1.807) is 0 Å². The Morgan fingerprint density at radius 3 is 2.80 bits per heavy atom. The highest BCUT2D eigenvalue weighted by atomic mass is 16.5. The molecule has 0 N–H and O–H groups in total. The second-order valence-electron chi connectivity index (χ2n) is 6.70. The van der Waals surface area contributed by atoms with E-state index in [1.165, 1.54) is 12.8 Å². The third-order valence-corrected chi connectivity index (χ3v) is 4.83. The van der Waals surface area contributed by atoms with Crippen molar-refractivity contribution < 1.29 is 4.52 Å². The van der Waals surface area contributed by atoms with Gasteiger partial charge in [0.1, 0.15) is 17.3 Å². The lowest BCUT2D eigenvalue weighted by molar-refractivity contribution is 0.194. The van der Waals surface area contributed by atoms with Gasteiger partial charge in [0, 0.05) is 17.7 Å². The number of aromatic nitrogens is 4. The molecule has 1 atom stereocenters. The number of hydrogen-bond acceptors (Lipinski definition) is 5. The zero-order chi connectivity index (χ0) is 17.2. The summed E-state index contributed by atoms with van der Waals surface area (Å²) in [5.41, 5.74) is 1.98. The molecule has 0 bridgehead atoms. The van der Waals surface area contributed by atoms with Crippen molar-refractivity contribution in [1.29, 1.82) is 0 Å². The van der Waals surface area contributed by atoms with E-state index in [0.717, 1.165) is 48.3 Å². The van der Waals surface area contributed by atoms with Gasteiger partial charge < -0.3 is 4.52 Å². The van der Waals surface area contributed by atoms with Gasteiger partial charge in [-0.25, -0.2) is 9.67 Å². The molecule has 4 rings (SSSR count). The van der Waals surface area contributed by atoms with Crippen molar-refractivity contribution in [3.8, 4) is 11.3 Å². The van der Waals surface area contributed by atoms with Crippen LogP contribution >= 0.6 is 0 Å². The van der Waals surface area contributed by atoms with Gasteiger partial charge >= 0.3 is 0 Å². The largest absolute Gasteiger partial charge is 0.359 e. The Labute approximate surface area is 147 Å². The first-order valence-corrected chi connectivity index (χ1v) is 8.82. The molecule has 6 nitrogen and oxygen atoms in total. The molecule has 1 saturated heterocycles. The minimum atomic E-state index is 0.463. The first kappa shape index (κ1) is 16.0. The van der Waals surface area contributed by atoms with Crippen molar-refractivity contribution in [1.82, 2.24) is 24.8 Å². The molecule has 25 heavy (non-hydrogen) atoms. The average molecular weight is 337 g/mol. The standard InChI is InChI=1S/C19H23N5O/c1-14-20-15(2)24(21-14)12-17-9-6-10-23(17)13-18-11-19(22-25-18)16-7-4-3-5-8-16/h3-5,7-8,11,17H,6,9-10,12-13H2,1-2H3/t17-/m0/s1. The number of rotatable bonds is 5. The molecule has 0 aliphatic carbocycles. The Balaban J connectivity index is 1.45. The van der Waals surface area contributed by atoms with Crippen LogP contribution in [0, 0.1) is 13.8 Å². The van der Waals surface area contributed by atoms with Crippen molar-refractivity contribution in [3.63, 3.8) is 0 Å². The van der Waals surface area contributed by atoms with Crippen LogP contribution in [-0.4, -0.2) is 37.4 Å². The third-order valence-electron chi connectivity index (χ3n) is 4.83. The summed E-state index contributed by atoms with van der Waals surface area (Å²) in [7, 11) is 0. The van der Waals surface area contributed by atoms with Crippen LogP contribution in [0.3, 0.4) is 0 Å². The van der Waals surface area contributed by atoms with Gasteiger partial charge in [0.25, 0.3) is 0 Å². The summed E-state index contributed by atoms with van der Waals surface area (Å²) in [6.07, 6.45) is 2.38. The first-order valence-electron chi connectivity index (χ1n) is 8.82. The van der Waals surface area contributed by atoms with Crippen molar-refractivity contribution in [2.45, 2.75) is 45.8 Å². The van der Waals surface area contributed by atoms with E-state index in [9.17, 15) is 0 Å². The molecule has 1 aliphatic heterocycles. The Kier molecular flexibility index (Phi) is 4.36. The Morgan fingerprint density at radius 1 is 1.20 bits per heavy atom. The van der Waals surface area contributed by atoms with E-state index in [4.69, 9.17) is 4.52 Å². The van der Waals surface area contributed by atoms with E-state index >= 15 is 0 Å². The van der Waals surface area contributed by atoms with Gasteiger partial charge in [0.05, 0.1) is 13.1 Å². The second kappa shape index (κ2) is 6.80. The monoisotopic (exact) mass is 337 g/mol. The summed E-state index contributed by atoms with van der Waals surface area (Å²) in [6, 6.07) is 12.7. The highest BCUT2D eigenvalue weighted by Crippen LogP contribution is 2.24. The molecule has 2 aromatic heterocycles. The topological polar surface area (TPSA) is 60.0 Å². The van der Waals surface area contributed by atoms with Gasteiger partial charge in [-0.2, -0.15) is 5.10 Å². The van der Waals surface area contributed by atoms with Gasteiger partial charge in [0.15, 0.2) is 5.76 Å². The molecule has 1 fully saturated rings. The molecule has 0 radical (unpaired) electrons. The van der Waals surface area contributed by atoms with Crippen molar-refractivity contribution >= 4 is 0 Å². The van der Waals surface area contributed by atoms with Crippen LogP contribution in [0.5, 0.6) is 0 Å². The molecule has 0 unspecified atom stereocenters. The zero-order valence-corrected chi connectivity index (χ0v) is 14.7. The van der Waals surface area contributed by atoms with Gasteiger partial charge in [-0.1, -0.05) is 35.5 Å². The van der Waals surface area contributed by atoms with Crippen molar-refractivity contribution in [3.05, 3.63) is 53.8 Å². The molecule has 1 aromatic carbocycles. The molecular formula is C19H23N5O. The quantitative estimate of drug-likeness (QED) is 0.715. The van der Waals surface area contributed by atoms with Crippen LogP contribution in [0.2, 0.25) is 0 Å². The maximum absolute atomic E-state index is 5.58. The van der Waals surface area contributed by atoms with Gasteiger partial charge in [-0.15, -0.1) is 0 Å². The summed E-state index contributed by atoms with van der Waals surface area (Å²) >= 11 is 0. The van der Waals surface area contributed by atoms with E-state index in [-0.39, 0.29) is 0 Å².